The van der Waals surface area contributed by atoms with Crippen molar-refractivity contribution in [2.45, 2.75) is 393 Å². The van der Waals surface area contributed by atoms with E-state index in [0.29, 0.717) is 51.4 Å². The van der Waals surface area contributed by atoms with Crippen LogP contribution >= 0.6 is 15.6 Å². The van der Waals surface area contributed by atoms with Crippen LogP contribution in [0.25, 0.3) is 0 Å². The Balaban J connectivity index is 2.98. The molecule has 656 valence electrons. The van der Waals surface area contributed by atoms with Crippen LogP contribution in [0.4, 0.5) is 0 Å². The molecule has 0 saturated heterocycles. The van der Waals surface area contributed by atoms with Gasteiger partial charge in [0.1, 0.15) is 12.2 Å². The van der Waals surface area contributed by atoms with Gasteiger partial charge in [0.15, 0.2) is 0 Å². The number of rotatable bonds is 81. The standard InChI is InChI=1S/C87H158N4O20P2/c1-7-13-19-25-28-31-34-35-41-47-53-81(111-85(97)55-49-43-37-33-30-27-21-15-9-3)69-83(95)91-77(71-105-65-61-79(93)51-45-39-23-17-11-5)73-109-113(102,103)107-67-63-89-87(99)75-58-56-74(57-59-75)86(98)88-62-66-106-112(100,101)108-72-76(70-104-64-60-78(92)50-44-38-22-16-10-4)90-82(94)68-80(52-46-40-24-18-12-6)110-84(96)54-48-42-36-32-29-26-20-14-8-2/h32-33,36-37,56-59,76-81,92-93H,7-31,34-35,38-55,60-73H2,1-6H3,(H,88,98)(H,89,99)(H,90,94)(H,91,95)(H,100,101)(H,102,103)/b36-32+,37-33+/t76?,77?,78-,79+,80-,81+/m0/s1. The summed E-state index contributed by atoms with van der Waals surface area (Å²) in [6.45, 7) is 10.7. The predicted octanol–water partition coefficient (Wildman–Crippen LogP) is 19.3. The number of aliphatic hydroxyl groups excluding tert-OH is 2. The molecule has 0 fully saturated rings. The van der Waals surface area contributed by atoms with Crippen LogP contribution in [0, 0.1) is 0 Å². The van der Waals surface area contributed by atoms with Gasteiger partial charge in [0.2, 0.25) is 11.8 Å². The van der Waals surface area contributed by atoms with Crippen LogP contribution in [-0.2, 0) is 65.4 Å². The van der Waals surface area contributed by atoms with E-state index in [1.807, 2.05) is 0 Å². The summed E-state index contributed by atoms with van der Waals surface area (Å²) in [6.07, 6.45) is 50.1. The SMILES string of the molecule is CCCCCC/C=C/CCCC(=O)O[C@H](CCCCCCCCCCCC)CC(=O)NC(COCC[C@H](O)CCCCCCC)COP(=O)(O)OCCNC(=O)c1ccc(C(=O)NCCOP(=O)(O)OCC(COCC[C@@H](O)CCCCCCC)NC(=O)C[C@H](CCCCCCC)OC(=O)CCC/C=C/CCCCCC)cc1. The number of esters is 2. The second kappa shape index (κ2) is 73.9. The summed E-state index contributed by atoms with van der Waals surface area (Å²) in [5, 5.41) is 32.1. The van der Waals surface area contributed by atoms with Crippen LogP contribution in [-0.4, -0.2) is 158 Å². The van der Waals surface area contributed by atoms with Gasteiger partial charge in [0.25, 0.3) is 11.8 Å². The molecule has 0 aliphatic carbocycles. The molecule has 0 heterocycles. The number of phosphoric ester groups is 2. The summed E-state index contributed by atoms with van der Waals surface area (Å²) < 4.78 is 71.3. The van der Waals surface area contributed by atoms with E-state index in [9.17, 15) is 57.9 Å². The Morgan fingerprint density at radius 1 is 0.363 bits per heavy atom. The maximum Gasteiger partial charge on any atom is 0.472 e. The Hall–Kier alpha value is -4.42. The third-order valence-corrected chi connectivity index (χ3v) is 21.6. The van der Waals surface area contributed by atoms with E-state index in [0.717, 1.165) is 161 Å². The average Bonchev–Trinajstić information content (AvgIpc) is 0.874. The zero-order valence-electron chi connectivity index (χ0n) is 71.0. The Morgan fingerprint density at radius 2 is 0.655 bits per heavy atom. The molecule has 1 aromatic carbocycles. The molecule has 0 aromatic heterocycles. The van der Waals surface area contributed by atoms with Crippen LogP contribution in [0.2, 0.25) is 0 Å². The van der Waals surface area contributed by atoms with Gasteiger partial charge in [-0.1, -0.05) is 252 Å². The lowest BCUT2D eigenvalue weighted by molar-refractivity contribution is -0.152. The number of benzene rings is 1. The number of nitrogens with one attached hydrogen (secondary N) is 4. The molecule has 0 radical (unpaired) electrons. The van der Waals surface area contributed by atoms with Gasteiger partial charge in [0.05, 0.1) is 76.8 Å². The number of carbonyl (C=O) groups excluding carboxylic acids is 6. The van der Waals surface area contributed by atoms with Crippen LogP contribution in [0.3, 0.4) is 0 Å². The van der Waals surface area contributed by atoms with Crippen molar-refractivity contribution in [1.29, 1.82) is 0 Å². The lowest BCUT2D eigenvalue weighted by atomic mass is 10.0. The fourth-order valence-electron chi connectivity index (χ4n) is 12.8. The van der Waals surface area contributed by atoms with Gasteiger partial charge in [-0.2, -0.15) is 0 Å². The minimum atomic E-state index is -4.79. The van der Waals surface area contributed by atoms with Gasteiger partial charge < -0.3 is 60.2 Å². The summed E-state index contributed by atoms with van der Waals surface area (Å²) in [5.74, 6) is -2.86. The number of amides is 4. The number of allylic oxidation sites excluding steroid dienone is 4. The highest BCUT2D eigenvalue weighted by molar-refractivity contribution is 7.47. The molecule has 4 unspecified atom stereocenters. The third kappa shape index (κ3) is 66.2. The second-order valence-corrected chi connectivity index (χ2v) is 33.4. The monoisotopic (exact) mass is 1640 g/mol. The summed E-state index contributed by atoms with van der Waals surface area (Å²) >= 11 is 0. The summed E-state index contributed by atoms with van der Waals surface area (Å²) in [6, 6.07) is 3.67. The van der Waals surface area contributed by atoms with Crippen molar-refractivity contribution in [3.05, 3.63) is 59.7 Å². The first-order chi connectivity index (χ1) is 54.7. The first kappa shape index (κ1) is 107. The average molecular weight is 1640 g/mol. The molecule has 0 saturated carbocycles. The highest BCUT2D eigenvalue weighted by Gasteiger charge is 2.29. The Morgan fingerprint density at radius 3 is 0.982 bits per heavy atom. The number of hydrogen-bond donors (Lipinski definition) is 8. The lowest BCUT2D eigenvalue weighted by Crippen LogP contribution is -2.43. The van der Waals surface area contributed by atoms with Crippen molar-refractivity contribution in [2.75, 3.05) is 65.9 Å². The van der Waals surface area contributed by atoms with E-state index >= 15 is 0 Å². The highest BCUT2D eigenvalue weighted by Crippen LogP contribution is 2.44. The van der Waals surface area contributed by atoms with Crippen molar-refractivity contribution in [3.8, 4) is 0 Å². The van der Waals surface area contributed by atoms with E-state index < -0.39 is 102 Å². The smallest absolute Gasteiger partial charge is 0.462 e. The fourth-order valence-corrected chi connectivity index (χ4v) is 14.3. The van der Waals surface area contributed by atoms with Crippen molar-refractivity contribution in [2.24, 2.45) is 0 Å². The van der Waals surface area contributed by atoms with E-state index in [1.165, 1.54) is 101 Å². The van der Waals surface area contributed by atoms with E-state index in [2.05, 4.69) is 87.1 Å². The molecular weight excluding hydrogens is 1480 g/mol. The van der Waals surface area contributed by atoms with Crippen molar-refractivity contribution >= 4 is 51.2 Å². The minimum Gasteiger partial charge on any atom is -0.462 e. The molecule has 1 rings (SSSR count). The Kier molecular flexibility index (Phi) is 69.7. The fraction of sp³-hybridized carbons (Fsp3) is 0.816. The zero-order chi connectivity index (χ0) is 82.9. The lowest BCUT2D eigenvalue weighted by Gasteiger charge is -2.23. The summed E-state index contributed by atoms with van der Waals surface area (Å²) in [5.41, 5.74) is 0.288. The van der Waals surface area contributed by atoms with Crippen LogP contribution in [0.1, 0.15) is 377 Å². The number of ether oxygens (including phenoxy) is 4. The number of hydrogen-bond acceptors (Lipinski definition) is 18. The first-order valence-electron chi connectivity index (χ1n) is 44.4. The maximum atomic E-state index is 13.8. The van der Waals surface area contributed by atoms with Gasteiger partial charge >= 0.3 is 27.6 Å². The Labute approximate surface area is 682 Å². The zero-order valence-corrected chi connectivity index (χ0v) is 72.8. The molecule has 113 heavy (non-hydrogen) atoms. The molecule has 0 aliphatic heterocycles. The van der Waals surface area contributed by atoms with Crippen molar-refractivity contribution in [1.82, 2.24) is 21.3 Å². The minimum absolute atomic E-state index is 0.129. The largest absolute Gasteiger partial charge is 0.472 e. The highest BCUT2D eigenvalue weighted by atomic mass is 31.2. The van der Waals surface area contributed by atoms with E-state index in [1.54, 1.807) is 0 Å². The quantitative estimate of drug-likeness (QED) is 0.0130. The number of unbranched alkanes of at least 4 members (excludes halogenated alkanes) is 31. The normalized spacial score (nSPS) is 14.4. The van der Waals surface area contributed by atoms with Gasteiger partial charge in [0, 0.05) is 50.3 Å². The van der Waals surface area contributed by atoms with Gasteiger partial charge in [-0.05, 0) is 127 Å². The Bertz CT molecular complexity index is 2680. The molecule has 26 heteroatoms. The van der Waals surface area contributed by atoms with Crippen molar-refractivity contribution in [3.63, 3.8) is 0 Å². The van der Waals surface area contributed by atoms with Crippen LogP contribution in [0.15, 0.2) is 48.6 Å². The molecule has 0 aliphatic rings. The van der Waals surface area contributed by atoms with E-state index in [4.69, 9.17) is 37.0 Å². The predicted molar refractivity (Wildman–Crippen MR) is 450 cm³/mol. The number of phosphoric acid groups is 2. The summed E-state index contributed by atoms with van der Waals surface area (Å²) in [7, 11) is -9.57. The first-order valence-corrected chi connectivity index (χ1v) is 47.4. The van der Waals surface area contributed by atoms with Gasteiger partial charge in [-0.25, -0.2) is 9.13 Å². The summed E-state index contributed by atoms with van der Waals surface area (Å²) in [4.78, 5) is 102. The maximum absolute atomic E-state index is 13.8. The molecule has 1 aromatic rings. The van der Waals surface area contributed by atoms with Crippen molar-refractivity contribution < 1.29 is 94.9 Å². The van der Waals surface area contributed by atoms with Crippen LogP contribution < -0.4 is 21.3 Å². The number of aliphatic hydroxyl groups is 2. The molecule has 8 N–H and O–H groups in total. The second-order valence-electron chi connectivity index (χ2n) is 30.5. The number of carbonyl (C=O) groups is 6. The third-order valence-electron chi connectivity index (χ3n) is 19.6. The topological polar surface area (TPSA) is 339 Å². The van der Waals surface area contributed by atoms with Crippen LogP contribution in [0.5, 0.6) is 0 Å². The molecule has 0 bridgehead atoms. The molecule has 24 nitrogen and oxygen atoms in total. The van der Waals surface area contributed by atoms with Gasteiger partial charge in [-0.3, -0.25) is 46.9 Å². The van der Waals surface area contributed by atoms with Gasteiger partial charge in [-0.15, -0.1) is 0 Å². The molecular formula is C87H158N4O20P2. The van der Waals surface area contributed by atoms with E-state index in [-0.39, 0.29) is 88.3 Å². The molecule has 0 spiro atoms. The molecule has 4 amide bonds. The molecule has 8 atom stereocenters.